The van der Waals surface area contributed by atoms with E-state index in [1.54, 1.807) is 49.2 Å². The van der Waals surface area contributed by atoms with E-state index in [9.17, 15) is 9.59 Å². The standard InChI is InChI=1S/C17H13N3O3/c1-19-14-8-7-10(23-2)9-13(14)15(18-19)20-16(21)11-5-3-4-6-12(11)17(20)22/h3-9H,1-2H3. The first-order valence-corrected chi connectivity index (χ1v) is 7.10. The Kier molecular flexibility index (Phi) is 2.74. The number of aryl methyl sites for hydroxylation is 1. The number of carbonyl (C=O) groups is 2. The number of ether oxygens (including phenoxy) is 1. The molecule has 0 aliphatic carbocycles. The molecule has 0 unspecified atom stereocenters. The zero-order valence-electron chi connectivity index (χ0n) is 12.6. The van der Waals surface area contributed by atoms with E-state index in [1.807, 2.05) is 12.1 Å². The van der Waals surface area contributed by atoms with Crippen LogP contribution in [0, 0.1) is 0 Å². The van der Waals surface area contributed by atoms with Crippen LogP contribution in [0.25, 0.3) is 10.9 Å². The molecular formula is C17H13N3O3. The average Bonchev–Trinajstić information content (AvgIpc) is 3.03. The third-order valence-electron chi connectivity index (χ3n) is 4.04. The zero-order valence-corrected chi connectivity index (χ0v) is 12.6. The second kappa shape index (κ2) is 4.67. The van der Waals surface area contributed by atoms with Crippen molar-refractivity contribution in [1.82, 2.24) is 9.78 Å². The lowest BCUT2D eigenvalue weighted by Gasteiger charge is -2.11. The van der Waals surface area contributed by atoms with Crippen LogP contribution in [0.1, 0.15) is 20.7 Å². The number of imide groups is 1. The van der Waals surface area contributed by atoms with Crippen LogP contribution in [0.15, 0.2) is 42.5 Å². The molecule has 1 aliphatic heterocycles. The molecule has 2 heterocycles. The Morgan fingerprint density at radius 2 is 1.65 bits per heavy atom. The number of anilines is 1. The topological polar surface area (TPSA) is 64.4 Å². The van der Waals surface area contributed by atoms with Crippen molar-refractivity contribution in [3.8, 4) is 5.75 Å². The van der Waals surface area contributed by atoms with Crippen molar-refractivity contribution in [3.63, 3.8) is 0 Å². The first-order valence-electron chi connectivity index (χ1n) is 7.10. The molecule has 2 aromatic carbocycles. The van der Waals surface area contributed by atoms with Crippen molar-refractivity contribution >= 4 is 28.5 Å². The van der Waals surface area contributed by atoms with Crippen molar-refractivity contribution < 1.29 is 14.3 Å². The van der Waals surface area contributed by atoms with Crippen LogP contribution in [-0.4, -0.2) is 28.7 Å². The second-order valence-electron chi connectivity index (χ2n) is 5.32. The van der Waals surface area contributed by atoms with Gasteiger partial charge in [0, 0.05) is 12.4 Å². The summed E-state index contributed by atoms with van der Waals surface area (Å²) in [5.41, 5.74) is 1.62. The first-order chi connectivity index (χ1) is 11.1. The minimum Gasteiger partial charge on any atom is -0.497 e. The normalized spacial score (nSPS) is 13.7. The Labute approximate surface area is 131 Å². The maximum Gasteiger partial charge on any atom is 0.267 e. The molecule has 0 radical (unpaired) electrons. The van der Waals surface area contributed by atoms with E-state index in [2.05, 4.69) is 5.10 Å². The van der Waals surface area contributed by atoms with Gasteiger partial charge in [0.25, 0.3) is 11.8 Å². The fourth-order valence-corrected chi connectivity index (χ4v) is 2.90. The summed E-state index contributed by atoms with van der Waals surface area (Å²) >= 11 is 0. The molecular weight excluding hydrogens is 294 g/mol. The molecule has 6 nitrogen and oxygen atoms in total. The van der Waals surface area contributed by atoms with E-state index in [0.29, 0.717) is 28.1 Å². The minimum absolute atomic E-state index is 0.326. The Bertz CT molecular complexity index is 939. The molecule has 114 valence electrons. The van der Waals surface area contributed by atoms with Gasteiger partial charge in [0.05, 0.1) is 23.8 Å². The van der Waals surface area contributed by atoms with E-state index in [-0.39, 0.29) is 11.8 Å². The third kappa shape index (κ3) is 1.78. The molecule has 4 rings (SSSR count). The van der Waals surface area contributed by atoms with E-state index in [0.717, 1.165) is 10.4 Å². The lowest BCUT2D eigenvalue weighted by atomic mass is 10.1. The molecule has 0 saturated carbocycles. The highest BCUT2D eigenvalue weighted by atomic mass is 16.5. The third-order valence-corrected chi connectivity index (χ3v) is 4.04. The number of benzene rings is 2. The molecule has 0 atom stereocenters. The van der Waals surface area contributed by atoms with Crippen molar-refractivity contribution in [2.75, 3.05) is 12.0 Å². The van der Waals surface area contributed by atoms with Crippen LogP contribution in [0.2, 0.25) is 0 Å². The van der Waals surface area contributed by atoms with Crippen LogP contribution in [0.4, 0.5) is 5.82 Å². The predicted octanol–water partition coefficient (Wildman–Crippen LogP) is 2.38. The fraction of sp³-hybridized carbons (Fsp3) is 0.118. The van der Waals surface area contributed by atoms with Crippen molar-refractivity contribution in [2.45, 2.75) is 0 Å². The van der Waals surface area contributed by atoms with Gasteiger partial charge in [0.1, 0.15) is 5.75 Å². The molecule has 2 amide bonds. The fourth-order valence-electron chi connectivity index (χ4n) is 2.90. The second-order valence-corrected chi connectivity index (χ2v) is 5.32. The van der Waals surface area contributed by atoms with Crippen LogP contribution in [-0.2, 0) is 7.05 Å². The molecule has 0 fully saturated rings. The summed E-state index contributed by atoms with van der Waals surface area (Å²) in [6, 6.07) is 12.2. The van der Waals surface area contributed by atoms with Gasteiger partial charge in [0.15, 0.2) is 5.82 Å². The first kappa shape index (κ1) is 13.5. The van der Waals surface area contributed by atoms with E-state index in [4.69, 9.17) is 4.74 Å². The van der Waals surface area contributed by atoms with Gasteiger partial charge in [-0.05, 0) is 30.3 Å². The van der Waals surface area contributed by atoms with Crippen molar-refractivity contribution in [2.24, 2.45) is 7.05 Å². The molecule has 3 aromatic rings. The number of nitrogens with zero attached hydrogens (tertiary/aromatic N) is 3. The van der Waals surface area contributed by atoms with Gasteiger partial charge in [0.2, 0.25) is 0 Å². The summed E-state index contributed by atoms with van der Waals surface area (Å²) in [5.74, 6) is 0.262. The summed E-state index contributed by atoms with van der Waals surface area (Å²) in [4.78, 5) is 26.4. The number of hydrogen-bond acceptors (Lipinski definition) is 4. The summed E-state index contributed by atoms with van der Waals surface area (Å²) in [6.45, 7) is 0. The average molecular weight is 307 g/mol. The highest BCUT2D eigenvalue weighted by molar-refractivity contribution is 6.35. The van der Waals surface area contributed by atoms with Crippen molar-refractivity contribution in [3.05, 3.63) is 53.6 Å². The number of hydrogen-bond donors (Lipinski definition) is 0. The quantitative estimate of drug-likeness (QED) is 0.682. The molecule has 0 spiro atoms. The van der Waals surface area contributed by atoms with Crippen LogP contribution < -0.4 is 9.64 Å². The Morgan fingerprint density at radius 3 is 2.26 bits per heavy atom. The number of carbonyl (C=O) groups excluding carboxylic acids is 2. The number of aromatic nitrogens is 2. The van der Waals surface area contributed by atoms with Crippen LogP contribution in [0.3, 0.4) is 0 Å². The minimum atomic E-state index is -0.353. The Morgan fingerprint density at radius 1 is 1.00 bits per heavy atom. The number of fused-ring (bicyclic) bond motifs is 2. The summed E-state index contributed by atoms with van der Waals surface area (Å²) in [7, 11) is 3.34. The SMILES string of the molecule is COc1ccc2c(c1)c(N1C(=O)c3ccccc3C1=O)nn2C. The molecule has 0 bridgehead atoms. The molecule has 0 N–H and O–H groups in total. The number of amides is 2. The van der Waals surface area contributed by atoms with Gasteiger partial charge >= 0.3 is 0 Å². The number of rotatable bonds is 2. The smallest absolute Gasteiger partial charge is 0.267 e. The summed E-state index contributed by atoms with van der Waals surface area (Å²) in [5, 5.41) is 5.07. The molecule has 23 heavy (non-hydrogen) atoms. The lowest BCUT2D eigenvalue weighted by Crippen LogP contribution is -2.30. The number of methoxy groups -OCH3 is 1. The van der Waals surface area contributed by atoms with Gasteiger partial charge in [-0.15, -0.1) is 0 Å². The maximum atomic E-state index is 12.6. The largest absolute Gasteiger partial charge is 0.497 e. The Balaban J connectivity index is 1.94. The van der Waals surface area contributed by atoms with Gasteiger partial charge in [-0.2, -0.15) is 5.10 Å². The highest BCUT2D eigenvalue weighted by Crippen LogP contribution is 2.34. The van der Waals surface area contributed by atoms with E-state index < -0.39 is 0 Å². The monoisotopic (exact) mass is 307 g/mol. The van der Waals surface area contributed by atoms with E-state index in [1.165, 1.54) is 0 Å². The van der Waals surface area contributed by atoms with Gasteiger partial charge in [-0.1, -0.05) is 12.1 Å². The van der Waals surface area contributed by atoms with Gasteiger partial charge in [-0.25, -0.2) is 4.90 Å². The van der Waals surface area contributed by atoms with Gasteiger partial charge in [-0.3, -0.25) is 14.3 Å². The Hall–Kier alpha value is -3.15. The predicted molar refractivity (Wildman–Crippen MR) is 84.8 cm³/mol. The van der Waals surface area contributed by atoms with Crippen molar-refractivity contribution in [1.29, 1.82) is 0 Å². The van der Waals surface area contributed by atoms with Gasteiger partial charge < -0.3 is 4.74 Å². The maximum absolute atomic E-state index is 12.6. The molecule has 6 heteroatoms. The molecule has 1 aliphatic rings. The van der Waals surface area contributed by atoms with Crippen LogP contribution in [0.5, 0.6) is 5.75 Å². The van der Waals surface area contributed by atoms with Crippen LogP contribution >= 0.6 is 0 Å². The van der Waals surface area contributed by atoms with E-state index >= 15 is 0 Å². The zero-order chi connectivity index (χ0) is 16.1. The summed E-state index contributed by atoms with van der Waals surface area (Å²) in [6.07, 6.45) is 0. The molecule has 1 aromatic heterocycles. The summed E-state index contributed by atoms with van der Waals surface area (Å²) < 4.78 is 6.89. The highest BCUT2D eigenvalue weighted by Gasteiger charge is 2.38. The lowest BCUT2D eigenvalue weighted by molar-refractivity contribution is 0.0925. The molecule has 0 saturated heterocycles.